The quantitative estimate of drug-likeness (QED) is 0.585. The van der Waals surface area contributed by atoms with Crippen molar-refractivity contribution in [3.63, 3.8) is 0 Å². The molecule has 0 amide bonds. The molecule has 0 aliphatic heterocycles. The molecule has 0 fully saturated rings. The zero-order valence-electron chi connectivity index (χ0n) is 14.9. The molecule has 1 rings (SSSR count). The molecule has 0 saturated carbocycles. The number of allylic oxidation sites excluding steroid dienone is 2. The summed E-state index contributed by atoms with van der Waals surface area (Å²) >= 11 is 0. The van der Waals surface area contributed by atoms with E-state index < -0.39 is 0 Å². The number of aryl methyl sites for hydroxylation is 2. The zero-order chi connectivity index (χ0) is 16.5. The van der Waals surface area contributed by atoms with E-state index in [1.165, 1.54) is 16.7 Å². The Hall–Kier alpha value is -1.44. The summed E-state index contributed by atoms with van der Waals surface area (Å²) in [6, 6.07) is 2.25. The van der Waals surface area contributed by atoms with Gasteiger partial charge in [0.1, 0.15) is 0 Å². The van der Waals surface area contributed by atoms with Gasteiger partial charge in [-0.05, 0) is 42.9 Å². The molecule has 0 aliphatic rings. The van der Waals surface area contributed by atoms with Gasteiger partial charge in [-0.1, -0.05) is 52.2 Å². The molecule has 0 N–H and O–H groups in total. The van der Waals surface area contributed by atoms with Crippen molar-refractivity contribution in [1.29, 1.82) is 0 Å². The maximum Gasteiger partial charge on any atom is 0.155 e. The van der Waals surface area contributed by atoms with Crippen LogP contribution in [0.3, 0.4) is 0 Å². The number of carbonyl (C=O) groups is 1. The number of pyridine rings is 1. The van der Waals surface area contributed by atoms with Crippen LogP contribution in [0.4, 0.5) is 0 Å². The Balaban J connectivity index is 2.98. The SMILES string of the molecule is CCCc1cnc(C/C(=C/C(=O)CC)C(C)CCC)c(C)c1. The Kier molecular flexibility index (Phi) is 8.08. The van der Waals surface area contributed by atoms with Gasteiger partial charge in [-0.25, -0.2) is 0 Å². The minimum atomic E-state index is 0.221. The van der Waals surface area contributed by atoms with E-state index in [1.807, 2.05) is 19.2 Å². The molecule has 2 heteroatoms. The van der Waals surface area contributed by atoms with Gasteiger partial charge in [0.2, 0.25) is 0 Å². The zero-order valence-corrected chi connectivity index (χ0v) is 14.9. The standard InChI is InChI=1S/C20H31NO/c1-6-9-15(4)18(12-19(22)8-3)13-20-16(5)11-17(10-7-2)14-21-20/h11-12,14-15H,6-10,13H2,1-5H3/b18-12-. The van der Waals surface area contributed by atoms with E-state index >= 15 is 0 Å². The maximum atomic E-state index is 11.8. The van der Waals surface area contributed by atoms with Crippen LogP contribution in [0.15, 0.2) is 23.9 Å². The van der Waals surface area contributed by atoms with Crippen molar-refractivity contribution in [2.45, 2.75) is 73.1 Å². The highest BCUT2D eigenvalue weighted by Gasteiger charge is 2.13. The van der Waals surface area contributed by atoms with E-state index in [2.05, 4.69) is 38.7 Å². The lowest BCUT2D eigenvalue weighted by Crippen LogP contribution is -2.08. The lowest BCUT2D eigenvalue weighted by atomic mass is 9.90. The van der Waals surface area contributed by atoms with Gasteiger partial charge in [0.25, 0.3) is 0 Å². The minimum absolute atomic E-state index is 0.221. The van der Waals surface area contributed by atoms with Crippen molar-refractivity contribution >= 4 is 5.78 Å². The number of carbonyl (C=O) groups excluding carboxylic acids is 1. The smallest absolute Gasteiger partial charge is 0.155 e. The van der Waals surface area contributed by atoms with E-state index in [-0.39, 0.29) is 5.78 Å². The molecule has 0 aromatic carbocycles. The number of hydrogen-bond donors (Lipinski definition) is 0. The minimum Gasteiger partial charge on any atom is -0.295 e. The van der Waals surface area contributed by atoms with Gasteiger partial charge in [-0.15, -0.1) is 0 Å². The van der Waals surface area contributed by atoms with Crippen LogP contribution in [0.5, 0.6) is 0 Å². The molecule has 1 atom stereocenters. The molecule has 2 nitrogen and oxygen atoms in total. The van der Waals surface area contributed by atoms with Crippen LogP contribution in [0.2, 0.25) is 0 Å². The van der Waals surface area contributed by atoms with Crippen LogP contribution < -0.4 is 0 Å². The molecule has 0 radical (unpaired) electrons. The summed E-state index contributed by atoms with van der Waals surface area (Å²) in [5.41, 5.74) is 4.88. The second-order valence-corrected chi connectivity index (χ2v) is 6.26. The Morgan fingerprint density at radius 3 is 2.55 bits per heavy atom. The average molecular weight is 301 g/mol. The van der Waals surface area contributed by atoms with Gasteiger partial charge in [0.15, 0.2) is 5.78 Å². The van der Waals surface area contributed by atoms with Crippen LogP contribution in [0.1, 0.15) is 70.2 Å². The molecule has 1 unspecified atom stereocenters. The molecule has 0 spiro atoms. The summed E-state index contributed by atoms with van der Waals surface area (Å²) in [4.78, 5) is 16.5. The first kappa shape index (κ1) is 18.6. The molecule has 1 aromatic heterocycles. The summed E-state index contributed by atoms with van der Waals surface area (Å²) in [7, 11) is 0. The predicted octanol–water partition coefficient (Wildman–Crippen LogP) is 5.23. The number of aromatic nitrogens is 1. The second-order valence-electron chi connectivity index (χ2n) is 6.26. The summed E-state index contributed by atoms with van der Waals surface area (Å²) in [5, 5.41) is 0. The topological polar surface area (TPSA) is 30.0 Å². The Morgan fingerprint density at radius 1 is 1.27 bits per heavy atom. The van der Waals surface area contributed by atoms with Crippen molar-refractivity contribution in [1.82, 2.24) is 4.98 Å². The van der Waals surface area contributed by atoms with Gasteiger partial charge in [0.05, 0.1) is 0 Å². The molecule has 0 aliphatic carbocycles. The number of rotatable bonds is 9. The average Bonchev–Trinajstić information content (AvgIpc) is 2.49. The van der Waals surface area contributed by atoms with E-state index in [9.17, 15) is 4.79 Å². The first-order chi connectivity index (χ1) is 10.5. The molecule has 1 heterocycles. The third-order valence-corrected chi connectivity index (χ3v) is 4.20. The summed E-state index contributed by atoms with van der Waals surface area (Å²) < 4.78 is 0. The summed E-state index contributed by atoms with van der Waals surface area (Å²) in [6.45, 7) is 10.7. The van der Waals surface area contributed by atoms with Gasteiger partial charge in [-0.3, -0.25) is 9.78 Å². The second kappa shape index (κ2) is 9.55. The number of ketones is 1. The predicted molar refractivity (Wildman–Crippen MR) is 94.1 cm³/mol. The molecule has 1 aromatic rings. The van der Waals surface area contributed by atoms with Crippen molar-refractivity contribution in [3.8, 4) is 0 Å². The van der Waals surface area contributed by atoms with Gasteiger partial charge < -0.3 is 0 Å². The Morgan fingerprint density at radius 2 is 2.00 bits per heavy atom. The first-order valence-electron chi connectivity index (χ1n) is 8.69. The maximum absolute atomic E-state index is 11.8. The Bertz CT molecular complexity index is 516. The third kappa shape index (κ3) is 5.75. The van der Waals surface area contributed by atoms with Gasteiger partial charge in [0, 0.05) is 24.7 Å². The van der Waals surface area contributed by atoms with Crippen LogP contribution in [-0.4, -0.2) is 10.8 Å². The molecular weight excluding hydrogens is 270 g/mol. The first-order valence-corrected chi connectivity index (χ1v) is 8.69. The summed E-state index contributed by atoms with van der Waals surface area (Å²) in [5.74, 6) is 0.662. The summed E-state index contributed by atoms with van der Waals surface area (Å²) in [6.07, 6.45) is 9.71. The van der Waals surface area contributed by atoms with E-state index in [0.29, 0.717) is 12.3 Å². The third-order valence-electron chi connectivity index (χ3n) is 4.20. The van der Waals surface area contributed by atoms with E-state index in [4.69, 9.17) is 0 Å². The lowest BCUT2D eigenvalue weighted by Gasteiger charge is -2.16. The highest BCUT2D eigenvalue weighted by Crippen LogP contribution is 2.22. The van der Waals surface area contributed by atoms with Gasteiger partial charge >= 0.3 is 0 Å². The van der Waals surface area contributed by atoms with Crippen molar-refractivity contribution in [3.05, 3.63) is 40.7 Å². The van der Waals surface area contributed by atoms with Crippen LogP contribution in [0.25, 0.3) is 0 Å². The number of hydrogen-bond acceptors (Lipinski definition) is 2. The Labute approximate surface area is 136 Å². The van der Waals surface area contributed by atoms with Crippen molar-refractivity contribution < 1.29 is 4.79 Å². The molecule has 0 bridgehead atoms. The van der Waals surface area contributed by atoms with Crippen LogP contribution in [-0.2, 0) is 17.6 Å². The largest absolute Gasteiger partial charge is 0.295 e. The van der Waals surface area contributed by atoms with Gasteiger partial charge in [-0.2, -0.15) is 0 Å². The fourth-order valence-electron chi connectivity index (χ4n) is 2.76. The monoisotopic (exact) mass is 301 g/mol. The van der Waals surface area contributed by atoms with Crippen LogP contribution in [0, 0.1) is 12.8 Å². The lowest BCUT2D eigenvalue weighted by molar-refractivity contribution is -0.114. The van der Waals surface area contributed by atoms with Crippen molar-refractivity contribution in [2.75, 3.05) is 0 Å². The van der Waals surface area contributed by atoms with E-state index in [0.717, 1.165) is 37.8 Å². The molecule has 0 saturated heterocycles. The number of nitrogens with zero attached hydrogens (tertiary/aromatic N) is 1. The molecule has 22 heavy (non-hydrogen) atoms. The fourth-order valence-corrected chi connectivity index (χ4v) is 2.76. The molecule has 122 valence electrons. The fraction of sp³-hybridized carbons (Fsp3) is 0.600. The highest BCUT2D eigenvalue weighted by atomic mass is 16.1. The van der Waals surface area contributed by atoms with Crippen LogP contribution >= 0.6 is 0 Å². The normalized spacial score (nSPS) is 13.2. The molecular formula is C20H31NO. The highest BCUT2D eigenvalue weighted by molar-refractivity contribution is 5.90. The van der Waals surface area contributed by atoms with Crippen molar-refractivity contribution in [2.24, 2.45) is 5.92 Å². The van der Waals surface area contributed by atoms with E-state index in [1.54, 1.807) is 0 Å².